The molecule has 0 aliphatic rings. The Balaban J connectivity index is 1.98. The lowest BCUT2D eigenvalue weighted by molar-refractivity contribution is 0.0498. The number of nitrogens with one attached hydrogen (secondary N) is 1. The lowest BCUT2D eigenvalue weighted by atomic mass is 10.2. The van der Waals surface area contributed by atoms with Crippen molar-refractivity contribution in [2.45, 2.75) is 26.2 Å². The first-order valence-electron chi connectivity index (χ1n) is 6.05. The van der Waals surface area contributed by atoms with E-state index in [0.29, 0.717) is 12.2 Å². The number of fused-ring (bicyclic) bond motifs is 1. The zero-order valence-corrected chi connectivity index (χ0v) is 10.0. The molecule has 0 atom stereocenters. The smallest absolute Gasteiger partial charge is 0.338 e. The number of ether oxygens (including phenoxy) is 1. The molecule has 2 rings (SSSR count). The maximum Gasteiger partial charge on any atom is 0.338 e. The number of carbonyl (C=O) groups excluding carboxylic acids is 1. The van der Waals surface area contributed by atoms with Gasteiger partial charge in [0.25, 0.3) is 0 Å². The molecule has 17 heavy (non-hydrogen) atoms. The molecule has 0 saturated heterocycles. The van der Waals surface area contributed by atoms with Crippen molar-refractivity contribution in [1.29, 1.82) is 0 Å². The van der Waals surface area contributed by atoms with Crippen molar-refractivity contribution in [3.63, 3.8) is 0 Å². The molecule has 0 aliphatic heterocycles. The first kappa shape index (κ1) is 11.7. The van der Waals surface area contributed by atoms with Gasteiger partial charge in [0, 0.05) is 11.7 Å². The minimum atomic E-state index is -0.238. The van der Waals surface area contributed by atoms with Crippen molar-refractivity contribution in [3.8, 4) is 0 Å². The molecule has 3 heteroatoms. The molecular weight excluding hydrogens is 214 g/mol. The Kier molecular flexibility index (Phi) is 3.81. The fraction of sp³-hybridized carbons (Fsp3) is 0.357. The summed E-state index contributed by atoms with van der Waals surface area (Å²) in [4.78, 5) is 14.8. The fourth-order valence-electron chi connectivity index (χ4n) is 1.78. The molecule has 0 spiro atoms. The van der Waals surface area contributed by atoms with Crippen LogP contribution in [-0.4, -0.2) is 17.6 Å². The second-order valence-electron chi connectivity index (χ2n) is 4.12. The summed E-state index contributed by atoms with van der Waals surface area (Å²) in [5, 5.41) is 1.10. The van der Waals surface area contributed by atoms with Crippen molar-refractivity contribution in [1.82, 2.24) is 4.98 Å². The first-order chi connectivity index (χ1) is 8.31. The molecular formula is C14H17NO2. The van der Waals surface area contributed by atoms with Crippen molar-refractivity contribution in [3.05, 3.63) is 36.0 Å². The van der Waals surface area contributed by atoms with Gasteiger partial charge >= 0.3 is 5.97 Å². The third kappa shape index (κ3) is 2.87. The third-order valence-corrected chi connectivity index (χ3v) is 2.77. The van der Waals surface area contributed by atoms with E-state index >= 15 is 0 Å². The minimum Gasteiger partial charge on any atom is -0.462 e. The Morgan fingerprint density at radius 3 is 3.00 bits per heavy atom. The number of hydrogen-bond donors (Lipinski definition) is 1. The summed E-state index contributed by atoms with van der Waals surface area (Å²) in [7, 11) is 0. The topological polar surface area (TPSA) is 42.1 Å². The molecule has 2 aromatic rings. The van der Waals surface area contributed by atoms with E-state index in [1.54, 1.807) is 6.07 Å². The second-order valence-corrected chi connectivity index (χ2v) is 4.12. The highest BCUT2D eigenvalue weighted by Gasteiger charge is 2.07. The number of benzene rings is 1. The molecule has 90 valence electrons. The van der Waals surface area contributed by atoms with Crippen LogP contribution >= 0.6 is 0 Å². The average Bonchev–Trinajstić information content (AvgIpc) is 2.81. The van der Waals surface area contributed by atoms with Gasteiger partial charge in [-0.2, -0.15) is 0 Å². The number of H-pyrrole nitrogens is 1. The Labute approximate surface area is 101 Å². The lowest BCUT2D eigenvalue weighted by Gasteiger charge is -2.04. The van der Waals surface area contributed by atoms with Crippen LogP contribution in [-0.2, 0) is 4.74 Å². The van der Waals surface area contributed by atoms with Crippen LogP contribution in [0.2, 0.25) is 0 Å². The maximum absolute atomic E-state index is 11.7. The minimum absolute atomic E-state index is 0.238. The van der Waals surface area contributed by atoms with Crippen LogP contribution in [0, 0.1) is 0 Å². The average molecular weight is 231 g/mol. The summed E-state index contributed by atoms with van der Waals surface area (Å²) in [5.74, 6) is -0.238. The molecule has 0 saturated carbocycles. The normalized spacial score (nSPS) is 10.6. The number of aromatic nitrogens is 1. The van der Waals surface area contributed by atoms with E-state index in [1.807, 2.05) is 24.4 Å². The zero-order valence-electron chi connectivity index (χ0n) is 10.0. The van der Waals surface area contributed by atoms with Crippen LogP contribution < -0.4 is 0 Å². The first-order valence-corrected chi connectivity index (χ1v) is 6.05. The van der Waals surface area contributed by atoms with Crippen LogP contribution in [0.4, 0.5) is 0 Å². The van der Waals surface area contributed by atoms with E-state index in [1.165, 1.54) is 0 Å². The van der Waals surface area contributed by atoms with Gasteiger partial charge in [0.15, 0.2) is 0 Å². The summed E-state index contributed by atoms with van der Waals surface area (Å²) >= 11 is 0. The van der Waals surface area contributed by atoms with Gasteiger partial charge in [-0.15, -0.1) is 0 Å². The number of esters is 1. The van der Waals surface area contributed by atoms with E-state index in [0.717, 1.165) is 30.2 Å². The van der Waals surface area contributed by atoms with Crippen LogP contribution in [0.15, 0.2) is 30.5 Å². The highest BCUT2D eigenvalue weighted by Crippen LogP contribution is 2.14. The summed E-state index contributed by atoms with van der Waals surface area (Å²) in [6.07, 6.45) is 5.03. The van der Waals surface area contributed by atoms with E-state index in [2.05, 4.69) is 11.9 Å². The SMILES string of the molecule is CCCCCOC(=O)c1ccc2cc[nH]c2c1. The molecule has 0 fully saturated rings. The second kappa shape index (κ2) is 5.53. The lowest BCUT2D eigenvalue weighted by Crippen LogP contribution is -2.06. The summed E-state index contributed by atoms with van der Waals surface area (Å²) in [5.41, 5.74) is 1.57. The van der Waals surface area contributed by atoms with Gasteiger partial charge in [0.1, 0.15) is 0 Å². The van der Waals surface area contributed by atoms with Gasteiger partial charge in [0.05, 0.1) is 12.2 Å². The van der Waals surface area contributed by atoms with Crippen molar-refractivity contribution in [2.24, 2.45) is 0 Å². The number of unbranched alkanes of at least 4 members (excludes halogenated alkanes) is 2. The van der Waals surface area contributed by atoms with Crippen LogP contribution in [0.25, 0.3) is 10.9 Å². The predicted octanol–water partition coefficient (Wildman–Crippen LogP) is 3.51. The molecule has 0 aliphatic carbocycles. The highest BCUT2D eigenvalue weighted by molar-refractivity contribution is 5.94. The summed E-state index contributed by atoms with van der Waals surface area (Å²) in [6, 6.07) is 7.54. The predicted molar refractivity (Wildman–Crippen MR) is 68.1 cm³/mol. The van der Waals surface area contributed by atoms with Gasteiger partial charge < -0.3 is 9.72 Å². The third-order valence-electron chi connectivity index (χ3n) is 2.77. The molecule has 0 amide bonds. The zero-order chi connectivity index (χ0) is 12.1. The number of rotatable bonds is 5. The van der Waals surface area contributed by atoms with E-state index in [9.17, 15) is 4.79 Å². The van der Waals surface area contributed by atoms with Crippen LogP contribution in [0.3, 0.4) is 0 Å². The largest absolute Gasteiger partial charge is 0.462 e. The Bertz CT molecular complexity index is 502. The highest BCUT2D eigenvalue weighted by atomic mass is 16.5. The van der Waals surface area contributed by atoms with Crippen LogP contribution in [0.1, 0.15) is 36.5 Å². The van der Waals surface area contributed by atoms with Crippen LogP contribution in [0.5, 0.6) is 0 Å². The molecule has 1 N–H and O–H groups in total. The standard InChI is InChI=1S/C14H17NO2/c1-2-3-4-9-17-14(16)12-6-5-11-7-8-15-13(11)10-12/h5-8,10,15H,2-4,9H2,1H3. The number of aromatic amines is 1. The fourth-order valence-corrected chi connectivity index (χ4v) is 1.78. The molecule has 1 aromatic heterocycles. The van der Waals surface area contributed by atoms with Crippen molar-refractivity contribution >= 4 is 16.9 Å². The van der Waals surface area contributed by atoms with Gasteiger partial charge in [-0.05, 0) is 30.0 Å². The molecule has 1 heterocycles. The molecule has 1 aromatic carbocycles. The van der Waals surface area contributed by atoms with E-state index < -0.39 is 0 Å². The molecule has 0 radical (unpaired) electrons. The molecule has 0 bridgehead atoms. The number of hydrogen-bond acceptors (Lipinski definition) is 2. The van der Waals surface area contributed by atoms with Gasteiger partial charge in [-0.3, -0.25) is 0 Å². The number of carbonyl (C=O) groups is 1. The van der Waals surface area contributed by atoms with Gasteiger partial charge in [-0.1, -0.05) is 25.8 Å². The summed E-state index contributed by atoms with van der Waals surface area (Å²) in [6.45, 7) is 2.64. The molecule has 0 unspecified atom stereocenters. The molecule has 3 nitrogen and oxygen atoms in total. The van der Waals surface area contributed by atoms with E-state index in [4.69, 9.17) is 4.74 Å². The monoisotopic (exact) mass is 231 g/mol. The van der Waals surface area contributed by atoms with Crippen molar-refractivity contribution in [2.75, 3.05) is 6.61 Å². The Hall–Kier alpha value is -1.77. The van der Waals surface area contributed by atoms with Gasteiger partial charge in [0.2, 0.25) is 0 Å². The quantitative estimate of drug-likeness (QED) is 0.632. The van der Waals surface area contributed by atoms with Crippen molar-refractivity contribution < 1.29 is 9.53 Å². The van der Waals surface area contributed by atoms with Gasteiger partial charge in [-0.25, -0.2) is 4.79 Å². The summed E-state index contributed by atoms with van der Waals surface area (Å²) < 4.78 is 5.20. The Morgan fingerprint density at radius 2 is 2.18 bits per heavy atom. The Morgan fingerprint density at radius 1 is 1.29 bits per heavy atom. The maximum atomic E-state index is 11.7. The van der Waals surface area contributed by atoms with E-state index in [-0.39, 0.29) is 5.97 Å².